The first-order chi connectivity index (χ1) is 6.52. The smallest absolute Gasteiger partial charge is 0.0193 e. The minimum absolute atomic E-state index is 0.523. The second-order valence-corrected chi connectivity index (χ2v) is 6.45. The van der Waals surface area contributed by atoms with Crippen LogP contribution in [0.1, 0.15) is 59.3 Å². The molecule has 0 aromatic heterocycles. The standard InChI is InChI=1S/C13H25N/c1-12(2,3)11-5-4-7-13(8-6-11)9-10-14-13/h11,14H,4-10H2,1-3H3. The van der Waals surface area contributed by atoms with Crippen LogP contribution >= 0.6 is 0 Å². The van der Waals surface area contributed by atoms with Crippen molar-refractivity contribution in [3.63, 3.8) is 0 Å². The van der Waals surface area contributed by atoms with Crippen molar-refractivity contribution in [3.8, 4) is 0 Å². The van der Waals surface area contributed by atoms with Gasteiger partial charge in [0, 0.05) is 5.54 Å². The van der Waals surface area contributed by atoms with Gasteiger partial charge in [0.1, 0.15) is 0 Å². The van der Waals surface area contributed by atoms with Gasteiger partial charge in [0.05, 0.1) is 0 Å². The molecule has 1 spiro atoms. The SMILES string of the molecule is CC(C)(C)C1CCCC2(CCN2)CC1. The highest BCUT2D eigenvalue weighted by Crippen LogP contribution is 2.42. The van der Waals surface area contributed by atoms with Crippen LogP contribution in [0.15, 0.2) is 0 Å². The second-order valence-electron chi connectivity index (χ2n) is 6.45. The van der Waals surface area contributed by atoms with Crippen LogP contribution in [0, 0.1) is 11.3 Å². The molecule has 0 aromatic carbocycles. The Labute approximate surface area is 88.7 Å². The lowest BCUT2D eigenvalue weighted by molar-refractivity contribution is 0.165. The Kier molecular flexibility index (Phi) is 2.63. The number of rotatable bonds is 0. The Bertz CT molecular complexity index is 198. The van der Waals surface area contributed by atoms with Crippen molar-refractivity contribution in [1.29, 1.82) is 0 Å². The van der Waals surface area contributed by atoms with Gasteiger partial charge in [0.15, 0.2) is 0 Å². The zero-order valence-corrected chi connectivity index (χ0v) is 10.0. The molecular weight excluding hydrogens is 170 g/mol. The predicted octanol–water partition coefficient (Wildman–Crippen LogP) is 3.34. The molecule has 2 rings (SSSR count). The molecule has 1 saturated heterocycles. The Morgan fingerprint density at radius 2 is 1.79 bits per heavy atom. The molecule has 14 heavy (non-hydrogen) atoms. The van der Waals surface area contributed by atoms with Crippen LogP contribution in [0.2, 0.25) is 0 Å². The van der Waals surface area contributed by atoms with Crippen LogP contribution in [0.25, 0.3) is 0 Å². The topological polar surface area (TPSA) is 12.0 Å². The third-order valence-corrected chi connectivity index (χ3v) is 4.51. The fourth-order valence-corrected chi connectivity index (χ4v) is 3.18. The lowest BCUT2D eigenvalue weighted by Gasteiger charge is -2.43. The van der Waals surface area contributed by atoms with Crippen LogP contribution in [0.5, 0.6) is 0 Å². The van der Waals surface area contributed by atoms with E-state index in [4.69, 9.17) is 0 Å². The van der Waals surface area contributed by atoms with E-state index in [-0.39, 0.29) is 0 Å². The first-order valence-corrected chi connectivity index (χ1v) is 6.27. The largest absolute Gasteiger partial charge is 0.311 e. The van der Waals surface area contributed by atoms with Gasteiger partial charge in [-0.15, -0.1) is 0 Å². The number of hydrogen-bond donors (Lipinski definition) is 1. The van der Waals surface area contributed by atoms with Crippen LogP contribution in [-0.2, 0) is 0 Å². The molecule has 0 radical (unpaired) electrons. The summed E-state index contributed by atoms with van der Waals surface area (Å²) in [5, 5.41) is 3.67. The maximum absolute atomic E-state index is 3.67. The Morgan fingerprint density at radius 3 is 2.29 bits per heavy atom. The van der Waals surface area contributed by atoms with Crippen LogP contribution in [-0.4, -0.2) is 12.1 Å². The fourth-order valence-electron chi connectivity index (χ4n) is 3.18. The summed E-state index contributed by atoms with van der Waals surface area (Å²) in [7, 11) is 0. The summed E-state index contributed by atoms with van der Waals surface area (Å²) < 4.78 is 0. The maximum Gasteiger partial charge on any atom is 0.0193 e. The van der Waals surface area contributed by atoms with E-state index in [0.29, 0.717) is 11.0 Å². The van der Waals surface area contributed by atoms with E-state index in [1.165, 1.54) is 45.1 Å². The lowest BCUT2D eigenvalue weighted by atomic mass is 9.75. The molecule has 1 aliphatic heterocycles. The summed E-state index contributed by atoms with van der Waals surface area (Å²) in [4.78, 5) is 0. The molecule has 1 saturated carbocycles. The van der Waals surface area contributed by atoms with Gasteiger partial charge in [0.2, 0.25) is 0 Å². The van der Waals surface area contributed by atoms with Gasteiger partial charge in [0.25, 0.3) is 0 Å². The normalized spacial score (nSPS) is 39.2. The summed E-state index contributed by atoms with van der Waals surface area (Å²) in [6.45, 7) is 8.48. The molecule has 1 aliphatic carbocycles. The van der Waals surface area contributed by atoms with Crippen molar-refractivity contribution in [2.24, 2.45) is 11.3 Å². The maximum atomic E-state index is 3.67. The molecule has 0 bridgehead atoms. The molecule has 1 heterocycles. The van der Waals surface area contributed by atoms with Gasteiger partial charge in [-0.2, -0.15) is 0 Å². The van der Waals surface area contributed by atoms with Crippen molar-refractivity contribution in [1.82, 2.24) is 5.32 Å². The molecule has 2 aliphatic rings. The molecular formula is C13H25N. The summed E-state index contributed by atoms with van der Waals surface area (Å²) in [6, 6.07) is 0. The van der Waals surface area contributed by atoms with E-state index >= 15 is 0 Å². The predicted molar refractivity (Wildman–Crippen MR) is 61.4 cm³/mol. The molecule has 0 aromatic rings. The summed E-state index contributed by atoms with van der Waals surface area (Å²) in [6.07, 6.45) is 8.62. The van der Waals surface area contributed by atoms with E-state index in [1.54, 1.807) is 0 Å². The average molecular weight is 195 g/mol. The van der Waals surface area contributed by atoms with Crippen molar-refractivity contribution < 1.29 is 0 Å². The monoisotopic (exact) mass is 195 g/mol. The van der Waals surface area contributed by atoms with Gasteiger partial charge in [-0.25, -0.2) is 0 Å². The van der Waals surface area contributed by atoms with Crippen LogP contribution < -0.4 is 5.32 Å². The Morgan fingerprint density at radius 1 is 1.07 bits per heavy atom. The van der Waals surface area contributed by atoms with Gasteiger partial charge in [-0.05, 0) is 50.0 Å². The molecule has 1 N–H and O–H groups in total. The fraction of sp³-hybridized carbons (Fsp3) is 1.00. The van der Waals surface area contributed by atoms with E-state index in [9.17, 15) is 0 Å². The third-order valence-electron chi connectivity index (χ3n) is 4.51. The quantitative estimate of drug-likeness (QED) is 0.625. The molecule has 1 heteroatoms. The van der Waals surface area contributed by atoms with Crippen molar-refractivity contribution in [2.75, 3.05) is 6.54 Å². The second kappa shape index (κ2) is 3.52. The van der Waals surface area contributed by atoms with Gasteiger partial charge in [-0.1, -0.05) is 27.2 Å². The van der Waals surface area contributed by atoms with Gasteiger partial charge in [-0.3, -0.25) is 0 Å². The van der Waals surface area contributed by atoms with Crippen LogP contribution in [0.3, 0.4) is 0 Å². The molecule has 0 amide bonds. The summed E-state index contributed by atoms with van der Waals surface area (Å²) in [5.41, 5.74) is 1.11. The number of nitrogens with one attached hydrogen (secondary N) is 1. The van der Waals surface area contributed by atoms with E-state index in [2.05, 4.69) is 26.1 Å². The van der Waals surface area contributed by atoms with Crippen molar-refractivity contribution in [2.45, 2.75) is 64.8 Å². The van der Waals surface area contributed by atoms with E-state index in [0.717, 1.165) is 5.92 Å². The molecule has 2 unspecified atom stereocenters. The zero-order chi connectivity index (χ0) is 10.2. The van der Waals surface area contributed by atoms with Crippen molar-refractivity contribution >= 4 is 0 Å². The zero-order valence-electron chi connectivity index (χ0n) is 10.0. The lowest BCUT2D eigenvalue weighted by Crippen LogP contribution is -2.56. The molecule has 2 fully saturated rings. The molecule has 2 atom stereocenters. The van der Waals surface area contributed by atoms with Crippen LogP contribution in [0.4, 0.5) is 0 Å². The summed E-state index contributed by atoms with van der Waals surface area (Å²) in [5.74, 6) is 0.948. The Hall–Kier alpha value is -0.0400. The van der Waals surface area contributed by atoms with E-state index in [1.807, 2.05) is 0 Å². The minimum atomic E-state index is 0.523. The molecule has 82 valence electrons. The van der Waals surface area contributed by atoms with E-state index < -0.39 is 0 Å². The summed E-state index contributed by atoms with van der Waals surface area (Å²) >= 11 is 0. The highest BCUT2D eigenvalue weighted by atomic mass is 15.0. The van der Waals surface area contributed by atoms with Crippen molar-refractivity contribution in [3.05, 3.63) is 0 Å². The highest BCUT2D eigenvalue weighted by Gasteiger charge is 2.39. The number of hydrogen-bond acceptors (Lipinski definition) is 1. The average Bonchev–Trinajstić information content (AvgIpc) is 2.22. The van der Waals surface area contributed by atoms with Gasteiger partial charge < -0.3 is 5.32 Å². The first-order valence-electron chi connectivity index (χ1n) is 6.27. The minimum Gasteiger partial charge on any atom is -0.311 e. The van der Waals surface area contributed by atoms with Gasteiger partial charge >= 0.3 is 0 Å². The molecule has 1 nitrogen and oxygen atoms in total. The Balaban J connectivity index is 1.94. The third kappa shape index (κ3) is 1.98. The highest BCUT2D eigenvalue weighted by molar-refractivity contribution is 4.98. The first kappa shape index (κ1) is 10.5.